The summed E-state index contributed by atoms with van der Waals surface area (Å²) in [4.78, 5) is 23.8. The van der Waals surface area contributed by atoms with Gasteiger partial charge in [0.25, 0.3) is 0 Å². The fraction of sp³-hybridized carbons (Fsp3) is 0.833. The molecule has 0 aliphatic carbocycles. The van der Waals surface area contributed by atoms with Crippen LogP contribution >= 0.6 is 0 Å². The minimum absolute atomic E-state index is 0.0733. The summed E-state index contributed by atoms with van der Waals surface area (Å²) in [7, 11) is 0. The van der Waals surface area contributed by atoms with Gasteiger partial charge in [0.2, 0.25) is 0 Å². The Bertz CT molecular complexity index is 374. The average Bonchev–Trinajstić information content (AvgIpc) is 2.36. The van der Waals surface area contributed by atoms with Crippen LogP contribution in [0.5, 0.6) is 0 Å². The Balaban J connectivity index is 2.32. The molecule has 21 heavy (non-hydrogen) atoms. The van der Waals surface area contributed by atoms with Gasteiger partial charge in [0, 0.05) is 19.7 Å². The van der Waals surface area contributed by atoms with Crippen LogP contribution in [0.2, 0.25) is 0 Å². The van der Waals surface area contributed by atoms with E-state index in [-0.39, 0.29) is 19.6 Å². The third-order valence-electron chi connectivity index (χ3n) is 3.36. The molecule has 1 fully saturated rings. The van der Waals surface area contributed by atoms with Gasteiger partial charge in [-0.25, -0.2) is 0 Å². The zero-order chi connectivity index (χ0) is 16.0. The minimum atomic E-state index is -4.35. The maximum Gasteiger partial charge on any atom is 0.411 e. The van der Waals surface area contributed by atoms with Crippen molar-refractivity contribution < 1.29 is 37.7 Å². The predicted molar refractivity (Wildman–Crippen MR) is 64.8 cm³/mol. The van der Waals surface area contributed by atoms with Crippen LogP contribution in [0, 0.1) is 11.8 Å². The van der Waals surface area contributed by atoms with Gasteiger partial charge in [0.05, 0.1) is 11.8 Å². The minimum Gasteiger partial charge on any atom is -0.481 e. The van der Waals surface area contributed by atoms with Gasteiger partial charge >= 0.3 is 18.1 Å². The molecule has 2 atom stereocenters. The Labute approximate surface area is 119 Å². The quantitative estimate of drug-likeness (QED) is 0.684. The summed E-state index contributed by atoms with van der Waals surface area (Å²) >= 11 is 0. The van der Waals surface area contributed by atoms with Crippen molar-refractivity contribution in [2.45, 2.75) is 19.0 Å². The molecule has 0 aromatic heterocycles. The third-order valence-corrected chi connectivity index (χ3v) is 3.36. The van der Waals surface area contributed by atoms with Crippen LogP contribution in [-0.2, 0) is 14.3 Å². The molecule has 2 unspecified atom stereocenters. The highest BCUT2D eigenvalue weighted by Crippen LogP contribution is 2.24. The summed E-state index contributed by atoms with van der Waals surface area (Å²) in [6.45, 7) is -0.485. The van der Waals surface area contributed by atoms with Crippen molar-refractivity contribution in [3.8, 4) is 0 Å². The van der Waals surface area contributed by atoms with Gasteiger partial charge in [0.15, 0.2) is 0 Å². The number of hydrogen-bond donors (Lipinski definition) is 2. The van der Waals surface area contributed by atoms with Crippen molar-refractivity contribution >= 4 is 11.9 Å². The van der Waals surface area contributed by atoms with Gasteiger partial charge in [-0.2, -0.15) is 13.2 Å². The van der Waals surface area contributed by atoms with E-state index < -0.39 is 36.6 Å². The summed E-state index contributed by atoms with van der Waals surface area (Å²) in [6.07, 6.45) is -3.80. The van der Waals surface area contributed by atoms with E-state index in [1.165, 1.54) is 0 Å². The Kier molecular flexibility index (Phi) is 6.41. The Morgan fingerprint density at radius 1 is 1.19 bits per heavy atom. The molecule has 1 saturated heterocycles. The monoisotopic (exact) mass is 313 g/mol. The van der Waals surface area contributed by atoms with Crippen molar-refractivity contribution in [3.05, 3.63) is 0 Å². The molecule has 0 spiro atoms. The highest BCUT2D eigenvalue weighted by atomic mass is 19.4. The van der Waals surface area contributed by atoms with Crippen LogP contribution in [0.15, 0.2) is 0 Å². The van der Waals surface area contributed by atoms with Crippen LogP contribution in [0.4, 0.5) is 13.2 Å². The standard InChI is InChI=1S/C12H18F3NO5/c13-12(14,15)7-21-5-1-3-16-4-2-8(10(17)18)9(6-16)11(19)20/h8-9H,1-7H2,(H,17,18)(H,19,20). The van der Waals surface area contributed by atoms with E-state index in [1.807, 2.05) is 0 Å². The summed E-state index contributed by atoms with van der Waals surface area (Å²) in [5.74, 6) is -4.21. The number of halogens is 3. The number of carboxylic acid groups (broad SMARTS) is 2. The first-order valence-corrected chi connectivity index (χ1v) is 6.53. The molecule has 1 aliphatic rings. The molecule has 1 aliphatic heterocycles. The van der Waals surface area contributed by atoms with Crippen LogP contribution in [0.1, 0.15) is 12.8 Å². The molecule has 0 saturated carbocycles. The van der Waals surface area contributed by atoms with Crippen LogP contribution in [0.3, 0.4) is 0 Å². The second kappa shape index (κ2) is 7.60. The summed E-state index contributed by atoms with van der Waals surface area (Å²) < 4.78 is 40.0. The van der Waals surface area contributed by atoms with Crippen LogP contribution in [0.25, 0.3) is 0 Å². The maximum atomic E-state index is 11.8. The first-order valence-electron chi connectivity index (χ1n) is 6.53. The van der Waals surface area contributed by atoms with Crippen molar-refractivity contribution in [2.24, 2.45) is 11.8 Å². The SMILES string of the molecule is O=C(O)C1CCN(CCCOCC(F)(F)F)CC1C(=O)O. The van der Waals surface area contributed by atoms with Gasteiger partial charge in [-0.1, -0.05) is 0 Å². The molecule has 0 aromatic rings. The van der Waals surface area contributed by atoms with E-state index in [0.717, 1.165) is 0 Å². The van der Waals surface area contributed by atoms with E-state index in [0.29, 0.717) is 19.5 Å². The van der Waals surface area contributed by atoms with E-state index in [4.69, 9.17) is 10.2 Å². The average molecular weight is 313 g/mol. The van der Waals surface area contributed by atoms with Gasteiger partial charge in [-0.15, -0.1) is 0 Å². The molecule has 0 bridgehead atoms. The van der Waals surface area contributed by atoms with Gasteiger partial charge in [-0.05, 0) is 19.4 Å². The number of alkyl halides is 3. The van der Waals surface area contributed by atoms with E-state index in [9.17, 15) is 22.8 Å². The number of rotatable bonds is 7. The van der Waals surface area contributed by atoms with Crippen molar-refractivity contribution in [1.82, 2.24) is 4.90 Å². The molecular weight excluding hydrogens is 295 g/mol. The lowest BCUT2D eigenvalue weighted by molar-refractivity contribution is -0.174. The smallest absolute Gasteiger partial charge is 0.411 e. The summed E-state index contributed by atoms with van der Waals surface area (Å²) in [5.41, 5.74) is 0. The lowest BCUT2D eigenvalue weighted by atomic mass is 9.85. The van der Waals surface area contributed by atoms with E-state index >= 15 is 0 Å². The number of likely N-dealkylation sites (tertiary alicyclic amines) is 1. The van der Waals surface area contributed by atoms with E-state index in [1.54, 1.807) is 4.90 Å². The number of ether oxygens (including phenoxy) is 1. The summed E-state index contributed by atoms with van der Waals surface area (Å²) in [6, 6.07) is 0. The second-order valence-corrected chi connectivity index (χ2v) is 5.00. The molecule has 0 aromatic carbocycles. The van der Waals surface area contributed by atoms with Crippen LogP contribution < -0.4 is 0 Å². The third kappa shape index (κ3) is 6.30. The Morgan fingerprint density at radius 3 is 2.33 bits per heavy atom. The zero-order valence-electron chi connectivity index (χ0n) is 11.3. The van der Waals surface area contributed by atoms with Crippen molar-refractivity contribution in [1.29, 1.82) is 0 Å². The Hall–Kier alpha value is -1.35. The maximum absolute atomic E-state index is 11.8. The van der Waals surface area contributed by atoms with Crippen molar-refractivity contribution in [3.63, 3.8) is 0 Å². The summed E-state index contributed by atoms with van der Waals surface area (Å²) in [5, 5.41) is 18.0. The Morgan fingerprint density at radius 2 is 1.81 bits per heavy atom. The topological polar surface area (TPSA) is 87.1 Å². The first-order chi connectivity index (χ1) is 9.70. The molecule has 0 amide bonds. The highest BCUT2D eigenvalue weighted by Gasteiger charge is 2.38. The number of carboxylic acids is 2. The number of nitrogens with zero attached hydrogens (tertiary/aromatic N) is 1. The number of hydrogen-bond acceptors (Lipinski definition) is 4. The molecule has 1 heterocycles. The number of carbonyl (C=O) groups is 2. The molecular formula is C12H18F3NO5. The molecule has 1 rings (SSSR count). The number of piperidine rings is 1. The fourth-order valence-electron chi connectivity index (χ4n) is 2.35. The zero-order valence-corrected chi connectivity index (χ0v) is 11.3. The van der Waals surface area contributed by atoms with Gasteiger partial charge < -0.3 is 19.8 Å². The predicted octanol–water partition coefficient (Wildman–Crippen LogP) is 1.06. The normalized spacial score (nSPS) is 24.0. The van der Waals surface area contributed by atoms with E-state index in [2.05, 4.69) is 4.74 Å². The lowest BCUT2D eigenvalue weighted by Crippen LogP contribution is -2.46. The number of aliphatic carboxylic acids is 2. The fourth-order valence-corrected chi connectivity index (χ4v) is 2.35. The van der Waals surface area contributed by atoms with Crippen molar-refractivity contribution in [2.75, 3.05) is 32.8 Å². The molecule has 6 nitrogen and oxygen atoms in total. The molecule has 122 valence electrons. The lowest BCUT2D eigenvalue weighted by Gasteiger charge is -2.34. The second-order valence-electron chi connectivity index (χ2n) is 5.00. The first kappa shape index (κ1) is 17.7. The molecule has 2 N–H and O–H groups in total. The largest absolute Gasteiger partial charge is 0.481 e. The van der Waals surface area contributed by atoms with Gasteiger partial charge in [-0.3, -0.25) is 9.59 Å². The molecule has 9 heteroatoms. The molecule has 0 radical (unpaired) electrons. The van der Waals surface area contributed by atoms with Crippen LogP contribution in [-0.4, -0.2) is 66.1 Å². The highest BCUT2D eigenvalue weighted by molar-refractivity contribution is 5.80. The van der Waals surface area contributed by atoms with Gasteiger partial charge in [0.1, 0.15) is 6.61 Å².